The summed E-state index contributed by atoms with van der Waals surface area (Å²) in [6.45, 7) is 2.87. The smallest absolute Gasteiger partial charge is 0.435 e. The molecule has 1 aromatic rings. The molecule has 0 fully saturated rings. The van der Waals surface area contributed by atoms with E-state index in [-0.39, 0.29) is 12.1 Å². The van der Waals surface area contributed by atoms with E-state index in [4.69, 9.17) is 5.11 Å². The predicted molar refractivity (Wildman–Crippen MR) is 48.7 cm³/mol. The van der Waals surface area contributed by atoms with E-state index in [2.05, 4.69) is 10.2 Å². The molecule has 0 atom stereocenters. The van der Waals surface area contributed by atoms with Crippen molar-refractivity contribution in [3.63, 3.8) is 0 Å². The molecule has 2 N–H and O–H groups in total. The molecule has 0 radical (unpaired) electrons. The molecule has 1 heterocycles. The fraction of sp³-hybridized carbons (Fsp3) is 0.556. The highest BCUT2D eigenvalue weighted by molar-refractivity contribution is 5.73. The Morgan fingerprint density at radius 3 is 2.44 bits per heavy atom. The maximum absolute atomic E-state index is 12.2. The zero-order valence-corrected chi connectivity index (χ0v) is 8.72. The maximum Gasteiger partial charge on any atom is 0.435 e. The van der Waals surface area contributed by atoms with Crippen molar-refractivity contribution in [2.45, 2.75) is 26.4 Å². The number of halogens is 3. The van der Waals surface area contributed by atoms with Gasteiger partial charge in [0.2, 0.25) is 0 Å². The Morgan fingerprint density at radius 2 is 2.06 bits per heavy atom. The first-order valence-electron chi connectivity index (χ1n) is 4.48. The summed E-state index contributed by atoms with van der Waals surface area (Å²) in [5.74, 6) is -1.07. The van der Waals surface area contributed by atoms with Crippen molar-refractivity contribution < 1.29 is 23.1 Å². The number of nitrogens with zero attached hydrogens (tertiary/aromatic N) is 1. The van der Waals surface area contributed by atoms with E-state index in [0.717, 1.165) is 6.07 Å². The fourth-order valence-corrected chi connectivity index (χ4v) is 1.15. The molecule has 0 saturated carbocycles. The normalized spacial score (nSPS) is 12.8. The minimum atomic E-state index is -4.51. The van der Waals surface area contributed by atoms with Gasteiger partial charge < -0.3 is 5.11 Å². The van der Waals surface area contributed by atoms with Gasteiger partial charge in [-0.1, -0.05) is 0 Å². The first kappa shape index (κ1) is 12.5. The fourth-order valence-electron chi connectivity index (χ4n) is 1.15. The Hall–Kier alpha value is -1.53. The summed E-state index contributed by atoms with van der Waals surface area (Å²) >= 11 is 0. The largest absolute Gasteiger partial charge is 0.481 e. The molecule has 16 heavy (non-hydrogen) atoms. The summed E-state index contributed by atoms with van der Waals surface area (Å²) in [4.78, 5) is 10.8. The zero-order chi connectivity index (χ0) is 12.6. The van der Waals surface area contributed by atoms with Crippen molar-refractivity contribution in [2.75, 3.05) is 0 Å². The topological polar surface area (TPSA) is 66.0 Å². The number of hydrogen-bond acceptors (Lipinski definition) is 2. The Bertz CT molecular complexity index is 396. The Labute approximate surface area is 89.5 Å². The molecule has 0 saturated heterocycles. The van der Waals surface area contributed by atoms with E-state index in [1.807, 2.05) is 0 Å². The van der Waals surface area contributed by atoms with E-state index in [1.165, 1.54) is 13.8 Å². The van der Waals surface area contributed by atoms with Crippen molar-refractivity contribution in [3.05, 3.63) is 17.5 Å². The highest BCUT2D eigenvalue weighted by atomic mass is 19.4. The number of aliphatic carboxylic acids is 1. The van der Waals surface area contributed by atoms with E-state index < -0.39 is 23.3 Å². The zero-order valence-electron chi connectivity index (χ0n) is 8.72. The third-order valence-electron chi connectivity index (χ3n) is 2.13. The second kappa shape index (κ2) is 3.80. The number of nitrogens with one attached hydrogen (secondary N) is 1. The van der Waals surface area contributed by atoms with Crippen LogP contribution in [0, 0.1) is 5.41 Å². The number of aromatic nitrogens is 2. The molecule has 0 spiro atoms. The van der Waals surface area contributed by atoms with Gasteiger partial charge in [-0.3, -0.25) is 9.89 Å². The van der Waals surface area contributed by atoms with Crippen molar-refractivity contribution in [1.29, 1.82) is 0 Å². The van der Waals surface area contributed by atoms with Gasteiger partial charge in [-0.05, 0) is 19.9 Å². The quantitative estimate of drug-likeness (QED) is 0.844. The number of carbonyl (C=O) groups is 1. The van der Waals surface area contributed by atoms with Crippen LogP contribution in [0.1, 0.15) is 25.2 Å². The summed E-state index contributed by atoms with van der Waals surface area (Å²) in [6, 6.07) is 0.824. The lowest BCUT2D eigenvalue weighted by atomic mass is 9.88. The van der Waals surface area contributed by atoms with Crippen molar-refractivity contribution in [1.82, 2.24) is 10.2 Å². The average molecular weight is 236 g/mol. The van der Waals surface area contributed by atoms with Gasteiger partial charge in [0.25, 0.3) is 0 Å². The number of alkyl halides is 3. The SMILES string of the molecule is CC(C)(Cc1cc(C(F)(F)F)n[nH]1)C(=O)O. The van der Waals surface area contributed by atoms with Crippen LogP contribution in [0.5, 0.6) is 0 Å². The van der Waals surface area contributed by atoms with Crippen molar-refractivity contribution >= 4 is 5.97 Å². The first-order chi connectivity index (χ1) is 7.13. The average Bonchev–Trinajstić information content (AvgIpc) is 2.50. The number of rotatable bonds is 3. The van der Waals surface area contributed by atoms with E-state index in [1.54, 1.807) is 0 Å². The third-order valence-corrected chi connectivity index (χ3v) is 2.13. The summed E-state index contributed by atoms with van der Waals surface area (Å²) < 4.78 is 36.6. The molecule has 0 aliphatic rings. The summed E-state index contributed by atoms with van der Waals surface area (Å²) in [5.41, 5.74) is -2.02. The van der Waals surface area contributed by atoms with Crippen LogP contribution < -0.4 is 0 Å². The van der Waals surface area contributed by atoms with E-state index >= 15 is 0 Å². The summed E-state index contributed by atoms with van der Waals surface area (Å²) in [6.07, 6.45) is -4.55. The van der Waals surface area contributed by atoms with Crippen LogP contribution in [0.4, 0.5) is 13.2 Å². The highest BCUT2D eigenvalue weighted by Crippen LogP contribution is 2.29. The second-order valence-electron chi connectivity index (χ2n) is 4.14. The monoisotopic (exact) mass is 236 g/mol. The number of H-pyrrole nitrogens is 1. The van der Waals surface area contributed by atoms with Crippen LogP contribution in [0.25, 0.3) is 0 Å². The Kier molecular flexibility index (Phi) is 2.98. The van der Waals surface area contributed by atoms with E-state index in [9.17, 15) is 18.0 Å². The Morgan fingerprint density at radius 1 is 1.50 bits per heavy atom. The molecular formula is C9H11F3N2O2. The molecule has 90 valence electrons. The summed E-state index contributed by atoms with van der Waals surface area (Å²) in [5, 5.41) is 14.1. The molecule has 0 amide bonds. The van der Waals surface area contributed by atoms with Gasteiger partial charge >= 0.3 is 12.1 Å². The minimum Gasteiger partial charge on any atom is -0.481 e. The number of carboxylic acid groups (broad SMARTS) is 1. The van der Waals surface area contributed by atoms with Gasteiger partial charge in [-0.2, -0.15) is 18.3 Å². The number of aromatic amines is 1. The van der Waals surface area contributed by atoms with Crippen LogP contribution in [-0.4, -0.2) is 21.3 Å². The second-order valence-corrected chi connectivity index (χ2v) is 4.14. The molecule has 4 nitrogen and oxygen atoms in total. The molecule has 0 unspecified atom stereocenters. The standard InChI is InChI=1S/C9H11F3N2O2/c1-8(2,7(15)16)4-5-3-6(14-13-5)9(10,11)12/h3H,4H2,1-2H3,(H,13,14)(H,15,16). The number of hydrogen-bond donors (Lipinski definition) is 2. The van der Waals surface area contributed by atoms with Crippen LogP contribution in [0.15, 0.2) is 6.07 Å². The van der Waals surface area contributed by atoms with Crippen LogP contribution >= 0.6 is 0 Å². The maximum atomic E-state index is 12.2. The van der Waals surface area contributed by atoms with Crippen LogP contribution in [-0.2, 0) is 17.4 Å². The van der Waals surface area contributed by atoms with Gasteiger partial charge in [-0.15, -0.1) is 0 Å². The number of carboxylic acids is 1. The van der Waals surface area contributed by atoms with Crippen molar-refractivity contribution in [2.24, 2.45) is 5.41 Å². The molecule has 1 rings (SSSR count). The van der Waals surface area contributed by atoms with Gasteiger partial charge in [-0.25, -0.2) is 0 Å². The summed E-state index contributed by atoms with van der Waals surface area (Å²) in [7, 11) is 0. The lowest BCUT2D eigenvalue weighted by molar-refractivity contribution is -0.146. The molecule has 7 heteroatoms. The highest BCUT2D eigenvalue weighted by Gasteiger charge is 2.35. The molecule has 0 aromatic carbocycles. The molecular weight excluding hydrogens is 225 g/mol. The molecule has 1 aromatic heterocycles. The molecule has 0 aliphatic carbocycles. The van der Waals surface area contributed by atoms with Crippen molar-refractivity contribution in [3.8, 4) is 0 Å². The van der Waals surface area contributed by atoms with Gasteiger partial charge in [0, 0.05) is 12.1 Å². The Balaban J connectivity index is 2.85. The van der Waals surface area contributed by atoms with Crippen LogP contribution in [0.2, 0.25) is 0 Å². The molecule has 0 aliphatic heterocycles. The first-order valence-corrected chi connectivity index (χ1v) is 4.48. The third kappa shape index (κ3) is 2.74. The lowest BCUT2D eigenvalue weighted by Crippen LogP contribution is -2.26. The van der Waals surface area contributed by atoms with Gasteiger partial charge in [0.1, 0.15) is 0 Å². The van der Waals surface area contributed by atoms with Gasteiger partial charge in [0.15, 0.2) is 5.69 Å². The van der Waals surface area contributed by atoms with Crippen LogP contribution in [0.3, 0.4) is 0 Å². The minimum absolute atomic E-state index is 0.0363. The van der Waals surface area contributed by atoms with Gasteiger partial charge in [0.05, 0.1) is 5.41 Å². The van der Waals surface area contributed by atoms with E-state index in [0.29, 0.717) is 0 Å². The predicted octanol–water partition coefficient (Wildman–Crippen LogP) is 2.08. The lowest BCUT2D eigenvalue weighted by Gasteiger charge is -2.17. The molecule has 0 bridgehead atoms.